The van der Waals surface area contributed by atoms with Crippen LogP contribution in [0.3, 0.4) is 0 Å². The minimum Gasteiger partial charge on any atom is -0.387 e. The van der Waals surface area contributed by atoms with Crippen LogP contribution in [-0.4, -0.2) is 59.6 Å². The van der Waals surface area contributed by atoms with Gasteiger partial charge >= 0.3 is 0 Å². The Labute approximate surface area is 85.5 Å². The van der Waals surface area contributed by atoms with Crippen molar-refractivity contribution in [2.24, 2.45) is 0 Å². The van der Waals surface area contributed by atoms with Crippen molar-refractivity contribution in [2.45, 2.75) is 25.9 Å². The van der Waals surface area contributed by atoms with Gasteiger partial charge in [0, 0.05) is 26.7 Å². The highest BCUT2D eigenvalue weighted by Crippen LogP contribution is 2.23. The van der Waals surface area contributed by atoms with Gasteiger partial charge in [-0.2, -0.15) is 0 Å². The molecule has 1 rings (SSSR count). The van der Waals surface area contributed by atoms with Crippen LogP contribution in [0.4, 0.5) is 0 Å². The van der Waals surface area contributed by atoms with Crippen molar-refractivity contribution in [1.29, 1.82) is 0 Å². The normalized spacial score (nSPS) is 20.3. The van der Waals surface area contributed by atoms with Crippen LogP contribution in [0.2, 0.25) is 0 Å². The van der Waals surface area contributed by atoms with Gasteiger partial charge in [0.2, 0.25) is 5.91 Å². The molecule has 0 aliphatic carbocycles. The molecule has 1 heterocycles. The molecule has 0 spiro atoms. The maximum Gasteiger partial charge on any atom is 0.236 e. The fourth-order valence-electron chi connectivity index (χ4n) is 1.61. The van der Waals surface area contributed by atoms with E-state index in [4.69, 9.17) is 0 Å². The second-order valence-corrected chi connectivity index (χ2v) is 4.13. The van der Waals surface area contributed by atoms with E-state index in [-0.39, 0.29) is 5.91 Å². The molecule has 0 aromatic heterocycles. The van der Waals surface area contributed by atoms with Gasteiger partial charge in [-0.3, -0.25) is 9.69 Å². The van der Waals surface area contributed by atoms with Crippen LogP contribution in [0.15, 0.2) is 0 Å². The lowest BCUT2D eigenvalue weighted by molar-refractivity contribution is -0.140. The van der Waals surface area contributed by atoms with Crippen LogP contribution in [0, 0.1) is 0 Å². The number of rotatable bonds is 4. The number of β-amino-alcohol motifs (C(OH)–C–C–N with tert-alkyl or cyclic N) is 1. The average molecular weight is 200 g/mol. The number of carbonyl (C=O) groups excluding carboxylic acids is 1. The topological polar surface area (TPSA) is 43.8 Å². The minimum atomic E-state index is -0.537. The summed E-state index contributed by atoms with van der Waals surface area (Å²) >= 11 is 0. The van der Waals surface area contributed by atoms with E-state index < -0.39 is 5.60 Å². The van der Waals surface area contributed by atoms with Gasteiger partial charge in [0.25, 0.3) is 0 Å². The quantitative estimate of drug-likeness (QED) is 0.690. The predicted molar refractivity (Wildman–Crippen MR) is 55.0 cm³/mol. The van der Waals surface area contributed by atoms with Gasteiger partial charge in [0.05, 0.1) is 12.1 Å². The van der Waals surface area contributed by atoms with Gasteiger partial charge in [-0.25, -0.2) is 0 Å². The molecule has 1 N–H and O–H groups in total. The number of likely N-dealkylation sites (tertiary alicyclic amines) is 1. The lowest BCUT2D eigenvalue weighted by Crippen LogP contribution is -2.63. The zero-order valence-electron chi connectivity index (χ0n) is 9.29. The maximum absolute atomic E-state index is 11.5. The van der Waals surface area contributed by atoms with Crippen LogP contribution < -0.4 is 0 Å². The summed E-state index contributed by atoms with van der Waals surface area (Å²) < 4.78 is 0. The third-order valence-electron chi connectivity index (χ3n) is 2.95. The van der Waals surface area contributed by atoms with Crippen LogP contribution in [0.5, 0.6) is 0 Å². The highest BCUT2D eigenvalue weighted by molar-refractivity contribution is 5.78. The van der Waals surface area contributed by atoms with Gasteiger partial charge in [0.1, 0.15) is 0 Å². The van der Waals surface area contributed by atoms with E-state index in [1.807, 2.05) is 18.7 Å². The Morgan fingerprint density at radius 1 is 1.50 bits per heavy atom. The first-order valence-electron chi connectivity index (χ1n) is 5.19. The van der Waals surface area contributed by atoms with E-state index >= 15 is 0 Å². The molecule has 0 atom stereocenters. The molecule has 4 nitrogen and oxygen atoms in total. The fraction of sp³-hybridized carbons (Fsp3) is 0.900. The summed E-state index contributed by atoms with van der Waals surface area (Å²) in [5.41, 5.74) is -0.537. The number of nitrogens with zero attached hydrogens (tertiary/aromatic N) is 2. The third-order valence-corrected chi connectivity index (χ3v) is 2.95. The summed E-state index contributed by atoms with van der Waals surface area (Å²) in [5, 5.41) is 9.73. The molecule has 1 amide bonds. The standard InChI is InChI=1S/C10H20N2O2/c1-4-10(14)7-12(8-10)6-9(13)11(3)5-2/h14H,4-8H2,1-3H3. The van der Waals surface area contributed by atoms with E-state index in [0.717, 1.165) is 13.0 Å². The highest BCUT2D eigenvalue weighted by atomic mass is 16.3. The third kappa shape index (κ3) is 2.45. The molecule has 0 aromatic rings. The summed E-state index contributed by atoms with van der Waals surface area (Å²) in [6.07, 6.45) is 0.765. The van der Waals surface area contributed by atoms with E-state index in [2.05, 4.69) is 0 Å². The van der Waals surface area contributed by atoms with Crippen LogP contribution >= 0.6 is 0 Å². The smallest absolute Gasteiger partial charge is 0.236 e. The first kappa shape index (κ1) is 11.5. The zero-order chi connectivity index (χ0) is 10.8. The van der Waals surface area contributed by atoms with Crippen molar-refractivity contribution in [3.8, 4) is 0 Å². The lowest BCUT2D eigenvalue weighted by atomic mass is 9.91. The second-order valence-electron chi connectivity index (χ2n) is 4.13. The second kappa shape index (κ2) is 4.28. The van der Waals surface area contributed by atoms with Crippen LogP contribution in [0.25, 0.3) is 0 Å². The van der Waals surface area contributed by atoms with Crippen molar-refractivity contribution in [3.63, 3.8) is 0 Å². The number of carbonyl (C=O) groups is 1. The van der Waals surface area contributed by atoms with Crippen molar-refractivity contribution in [3.05, 3.63) is 0 Å². The Bertz CT molecular complexity index is 212. The molecular formula is C10H20N2O2. The van der Waals surface area contributed by atoms with E-state index in [1.165, 1.54) is 0 Å². The fourth-order valence-corrected chi connectivity index (χ4v) is 1.61. The number of hydrogen-bond donors (Lipinski definition) is 1. The van der Waals surface area contributed by atoms with E-state index in [1.54, 1.807) is 11.9 Å². The molecule has 0 bridgehead atoms. The molecule has 14 heavy (non-hydrogen) atoms. The largest absolute Gasteiger partial charge is 0.387 e. The Hall–Kier alpha value is -0.610. The summed E-state index contributed by atoms with van der Waals surface area (Å²) in [4.78, 5) is 15.2. The number of aliphatic hydroxyl groups is 1. The molecule has 1 fully saturated rings. The monoisotopic (exact) mass is 200 g/mol. The Morgan fingerprint density at radius 3 is 2.50 bits per heavy atom. The predicted octanol–water partition coefficient (Wildman–Crippen LogP) is -0.0786. The average Bonchev–Trinajstić information content (AvgIpc) is 2.13. The maximum atomic E-state index is 11.5. The Kier molecular flexibility index (Phi) is 3.50. The molecular weight excluding hydrogens is 180 g/mol. The lowest BCUT2D eigenvalue weighted by Gasteiger charge is -2.46. The zero-order valence-corrected chi connectivity index (χ0v) is 9.29. The molecule has 1 aliphatic heterocycles. The first-order chi connectivity index (χ1) is 6.50. The van der Waals surface area contributed by atoms with E-state index in [0.29, 0.717) is 19.6 Å². The van der Waals surface area contributed by atoms with Gasteiger partial charge in [-0.1, -0.05) is 6.92 Å². The van der Waals surface area contributed by atoms with Gasteiger partial charge in [-0.15, -0.1) is 0 Å². The number of likely N-dealkylation sites (N-methyl/N-ethyl adjacent to an activating group) is 1. The van der Waals surface area contributed by atoms with Gasteiger partial charge < -0.3 is 10.0 Å². The summed E-state index contributed by atoms with van der Waals surface area (Å²) in [7, 11) is 1.80. The van der Waals surface area contributed by atoms with Gasteiger partial charge in [-0.05, 0) is 13.3 Å². The Morgan fingerprint density at radius 2 is 2.07 bits per heavy atom. The minimum absolute atomic E-state index is 0.130. The van der Waals surface area contributed by atoms with Crippen molar-refractivity contribution in [1.82, 2.24) is 9.80 Å². The van der Waals surface area contributed by atoms with Crippen molar-refractivity contribution in [2.75, 3.05) is 33.2 Å². The van der Waals surface area contributed by atoms with Gasteiger partial charge in [0.15, 0.2) is 0 Å². The molecule has 82 valence electrons. The number of hydrogen-bond acceptors (Lipinski definition) is 3. The summed E-state index contributed by atoms with van der Waals surface area (Å²) in [6, 6.07) is 0. The van der Waals surface area contributed by atoms with E-state index in [9.17, 15) is 9.90 Å². The molecule has 1 aliphatic rings. The highest BCUT2D eigenvalue weighted by Gasteiger charge is 2.40. The SMILES string of the molecule is CCN(C)C(=O)CN1CC(O)(CC)C1. The van der Waals surface area contributed by atoms with Crippen molar-refractivity contribution < 1.29 is 9.90 Å². The van der Waals surface area contributed by atoms with Crippen molar-refractivity contribution >= 4 is 5.91 Å². The number of amides is 1. The molecule has 1 saturated heterocycles. The van der Waals surface area contributed by atoms with Crippen LogP contribution in [-0.2, 0) is 4.79 Å². The summed E-state index contributed by atoms with van der Waals surface area (Å²) in [5.74, 6) is 0.130. The van der Waals surface area contributed by atoms with Crippen LogP contribution in [0.1, 0.15) is 20.3 Å². The molecule has 0 radical (unpaired) electrons. The molecule has 0 aromatic carbocycles. The Balaban J connectivity index is 2.26. The summed E-state index contributed by atoms with van der Waals surface area (Å²) in [6.45, 7) is 6.37. The first-order valence-corrected chi connectivity index (χ1v) is 5.19. The molecule has 0 unspecified atom stereocenters. The molecule has 4 heteroatoms. The molecule has 0 saturated carbocycles.